The van der Waals surface area contributed by atoms with Crippen molar-refractivity contribution in [3.63, 3.8) is 0 Å². The maximum atomic E-state index is 13.3. The van der Waals surface area contributed by atoms with Crippen molar-refractivity contribution in [1.82, 2.24) is 14.9 Å². The lowest BCUT2D eigenvalue weighted by molar-refractivity contribution is -0.128. The van der Waals surface area contributed by atoms with Gasteiger partial charge in [-0.2, -0.15) is 0 Å². The first-order valence-electron chi connectivity index (χ1n) is 10.5. The van der Waals surface area contributed by atoms with Gasteiger partial charge in [0.2, 0.25) is 0 Å². The predicted octanol–water partition coefficient (Wildman–Crippen LogP) is 1.49. The molecule has 3 aromatic rings. The summed E-state index contributed by atoms with van der Waals surface area (Å²) in [6.07, 6.45) is 0.591. The molecule has 11 heteroatoms. The third kappa shape index (κ3) is 4.17. The second-order valence-electron chi connectivity index (χ2n) is 7.52. The monoisotopic (exact) mass is 471 g/mol. The summed E-state index contributed by atoms with van der Waals surface area (Å²) in [7, 11) is 1.43. The van der Waals surface area contributed by atoms with Crippen LogP contribution in [0.25, 0.3) is 11.0 Å². The summed E-state index contributed by atoms with van der Waals surface area (Å²) in [6, 6.07) is 5.80. The number of benzene rings is 1. The number of nitrogens with zero attached hydrogens (tertiary/aromatic N) is 2. The molecule has 0 saturated carbocycles. The molecule has 10 nitrogen and oxygen atoms in total. The first-order chi connectivity index (χ1) is 16.3. The summed E-state index contributed by atoms with van der Waals surface area (Å²) >= 11 is 0. The third-order valence-corrected chi connectivity index (χ3v) is 5.41. The zero-order valence-electron chi connectivity index (χ0n) is 18.5. The molecule has 4 rings (SSSR count). The number of hydrogen-bond acceptors (Lipinski definition) is 8. The number of hydrogen-bond donors (Lipinski definition) is 2. The molecule has 1 amide bonds. The molecule has 178 valence electrons. The SMILES string of the molecule is CCOCOC(=O)c1c(O)c2ncc(Cc3ccc(F)cc3)c3c2n(c1=O)C[C@@H](C(=O)NC)O3. The van der Waals surface area contributed by atoms with Gasteiger partial charge in [-0.1, -0.05) is 12.1 Å². The van der Waals surface area contributed by atoms with E-state index in [0.29, 0.717) is 5.56 Å². The average molecular weight is 471 g/mol. The van der Waals surface area contributed by atoms with Crippen LogP contribution in [0.5, 0.6) is 11.5 Å². The normalized spacial score (nSPS) is 14.5. The number of likely N-dealkylation sites (N-methyl/N-ethyl adjacent to an activating group) is 1. The van der Waals surface area contributed by atoms with E-state index in [-0.39, 0.29) is 42.2 Å². The molecule has 2 aromatic heterocycles. The van der Waals surface area contributed by atoms with E-state index < -0.39 is 41.6 Å². The van der Waals surface area contributed by atoms with Crippen LogP contribution in [-0.4, -0.2) is 53.1 Å². The number of rotatable bonds is 7. The Bertz CT molecular complexity index is 1320. The number of esters is 1. The van der Waals surface area contributed by atoms with E-state index >= 15 is 0 Å². The highest BCUT2D eigenvalue weighted by atomic mass is 19.1. The van der Waals surface area contributed by atoms with Gasteiger partial charge < -0.3 is 24.6 Å². The molecule has 0 radical (unpaired) electrons. The van der Waals surface area contributed by atoms with Crippen LogP contribution in [-0.2, 0) is 27.2 Å². The molecule has 1 aliphatic heterocycles. The van der Waals surface area contributed by atoms with Crippen LogP contribution in [0.1, 0.15) is 28.4 Å². The Hall–Kier alpha value is -3.99. The van der Waals surface area contributed by atoms with Crippen LogP contribution in [0, 0.1) is 5.82 Å². The Morgan fingerprint density at radius 1 is 1.32 bits per heavy atom. The summed E-state index contributed by atoms with van der Waals surface area (Å²) in [6.45, 7) is 1.38. The molecule has 0 aliphatic carbocycles. The summed E-state index contributed by atoms with van der Waals surface area (Å²) < 4.78 is 30.3. The topological polar surface area (TPSA) is 129 Å². The molecular formula is C23H22FN3O7. The van der Waals surface area contributed by atoms with Gasteiger partial charge in [-0.3, -0.25) is 19.1 Å². The van der Waals surface area contributed by atoms with Gasteiger partial charge in [0.25, 0.3) is 11.5 Å². The van der Waals surface area contributed by atoms with E-state index in [1.807, 2.05) is 0 Å². The van der Waals surface area contributed by atoms with E-state index in [4.69, 9.17) is 14.2 Å². The molecule has 0 spiro atoms. The van der Waals surface area contributed by atoms with Crippen molar-refractivity contribution in [2.45, 2.75) is 26.0 Å². The molecule has 3 heterocycles. The van der Waals surface area contributed by atoms with E-state index in [9.17, 15) is 23.9 Å². The van der Waals surface area contributed by atoms with Gasteiger partial charge in [0.05, 0.1) is 6.54 Å². The number of carbonyl (C=O) groups is 2. The van der Waals surface area contributed by atoms with Gasteiger partial charge in [0.1, 0.15) is 16.9 Å². The maximum absolute atomic E-state index is 13.3. The quantitative estimate of drug-likeness (QED) is 0.301. The Balaban J connectivity index is 1.88. The van der Waals surface area contributed by atoms with Gasteiger partial charge in [0, 0.05) is 31.8 Å². The fourth-order valence-corrected chi connectivity index (χ4v) is 3.73. The first-order valence-corrected chi connectivity index (χ1v) is 10.5. The summed E-state index contributed by atoms with van der Waals surface area (Å²) in [4.78, 5) is 42.5. The molecule has 0 unspecified atom stereocenters. The Labute approximate surface area is 192 Å². The number of halogens is 1. The number of carbonyl (C=O) groups excluding carboxylic acids is 2. The van der Waals surface area contributed by atoms with E-state index in [1.165, 1.54) is 29.9 Å². The minimum absolute atomic E-state index is 0.0591. The van der Waals surface area contributed by atoms with Gasteiger partial charge in [-0.05, 0) is 24.6 Å². The average Bonchev–Trinajstić information content (AvgIpc) is 2.84. The van der Waals surface area contributed by atoms with Crippen molar-refractivity contribution < 1.29 is 33.3 Å². The zero-order valence-corrected chi connectivity index (χ0v) is 18.5. The Morgan fingerprint density at radius 2 is 2.06 bits per heavy atom. The lowest BCUT2D eigenvalue weighted by Crippen LogP contribution is -2.45. The van der Waals surface area contributed by atoms with Crippen LogP contribution in [0.4, 0.5) is 4.39 Å². The largest absolute Gasteiger partial charge is 0.505 e. The third-order valence-electron chi connectivity index (χ3n) is 5.41. The first kappa shape index (κ1) is 23.2. The molecule has 0 bridgehead atoms. The summed E-state index contributed by atoms with van der Waals surface area (Å²) in [5.74, 6) is -2.45. The highest BCUT2D eigenvalue weighted by Gasteiger charge is 2.34. The molecule has 1 aliphatic rings. The van der Waals surface area contributed by atoms with Crippen molar-refractivity contribution in [3.8, 4) is 11.5 Å². The van der Waals surface area contributed by atoms with Gasteiger partial charge in [-0.15, -0.1) is 0 Å². The molecule has 2 N–H and O–H groups in total. The van der Waals surface area contributed by atoms with Crippen LogP contribution in [0.3, 0.4) is 0 Å². The van der Waals surface area contributed by atoms with E-state index in [1.54, 1.807) is 19.1 Å². The van der Waals surface area contributed by atoms with E-state index in [0.717, 1.165) is 5.56 Å². The van der Waals surface area contributed by atoms with Crippen molar-refractivity contribution in [2.75, 3.05) is 20.4 Å². The molecule has 34 heavy (non-hydrogen) atoms. The second kappa shape index (κ2) is 9.48. The molecule has 0 fully saturated rings. The minimum atomic E-state index is -1.08. The second-order valence-corrected chi connectivity index (χ2v) is 7.52. The van der Waals surface area contributed by atoms with Crippen molar-refractivity contribution in [1.29, 1.82) is 0 Å². The highest BCUT2D eigenvalue weighted by molar-refractivity contribution is 6.00. The van der Waals surface area contributed by atoms with Crippen LogP contribution in [0.2, 0.25) is 0 Å². The summed E-state index contributed by atoms with van der Waals surface area (Å²) in [5, 5.41) is 13.2. The maximum Gasteiger partial charge on any atom is 0.349 e. The standard InChI is InChI=1S/C23H22FN3O7/c1-3-32-11-33-23(31)16-19(28)17-18-20(34-15(21(29)25-2)10-27(18)22(16)30)13(9-26-17)8-12-4-6-14(24)7-5-12/h4-7,9,15,28H,3,8,10-11H2,1-2H3,(H,25,29)/t15-/m0/s1. The van der Waals surface area contributed by atoms with Crippen LogP contribution in [0.15, 0.2) is 35.3 Å². The summed E-state index contributed by atoms with van der Waals surface area (Å²) in [5.41, 5.74) is -0.148. The van der Waals surface area contributed by atoms with E-state index in [2.05, 4.69) is 10.3 Å². The molecule has 0 saturated heterocycles. The smallest absolute Gasteiger partial charge is 0.349 e. The van der Waals surface area contributed by atoms with Gasteiger partial charge in [-0.25, -0.2) is 9.18 Å². The number of aromatic nitrogens is 2. The number of ether oxygens (including phenoxy) is 3. The fourth-order valence-electron chi connectivity index (χ4n) is 3.73. The molecule has 1 atom stereocenters. The van der Waals surface area contributed by atoms with Crippen molar-refractivity contribution in [2.24, 2.45) is 0 Å². The number of nitrogens with one attached hydrogen (secondary N) is 1. The number of aromatic hydroxyl groups is 1. The molecule has 1 aromatic carbocycles. The van der Waals surface area contributed by atoms with Gasteiger partial charge >= 0.3 is 5.97 Å². The van der Waals surface area contributed by atoms with Crippen molar-refractivity contribution >= 4 is 22.9 Å². The molecular weight excluding hydrogens is 449 g/mol. The Morgan fingerprint density at radius 3 is 2.74 bits per heavy atom. The van der Waals surface area contributed by atoms with Gasteiger partial charge in [0.15, 0.2) is 30.0 Å². The zero-order chi connectivity index (χ0) is 24.4. The Kier molecular flexibility index (Phi) is 6.46. The lowest BCUT2D eigenvalue weighted by Gasteiger charge is -2.28. The lowest BCUT2D eigenvalue weighted by atomic mass is 10.0. The number of pyridine rings is 2. The van der Waals surface area contributed by atoms with Crippen LogP contribution >= 0.6 is 0 Å². The minimum Gasteiger partial charge on any atom is -0.505 e. The number of amides is 1. The van der Waals surface area contributed by atoms with Crippen molar-refractivity contribution in [3.05, 3.63) is 63.3 Å². The predicted molar refractivity (Wildman–Crippen MR) is 117 cm³/mol. The van der Waals surface area contributed by atoms with Crippen LogP contribution < -0.4 is 15.6 Å². The highest BCUT2D eigenvalue weighted by Crippen LogP contribution is 2.37. The fraction of sp³-hybridized carbons (Fsp3) is 0.304.